The second-order valence-corrected chi connectivity index (χ2v) is 8.64. The summed E-state index contributed by atoms with van der Waals surface area (Å²) < 4.78 is 0. The largest absolute Gasteiger partial charge is 0.397 e. The first-order valence-electron chi connectivity index (χ1n) is 9.82. The summed E-state index contributed by atoms with van der Waals surface area (Å²) in [4.78, 5) is 24.5. The van der Waals surface area contributed by atoms with Crippen molar-refractivity contribution in [3.63, 3.8) is 0 Å². The minimum atomic E-state index is -0.125. The number of pyridine rings is 1. The van der Waals surface area contributed by atoms with Crippen LogP contribution in [0.15, 0.2) is 36.5 Å². The van der Waals surface area contributed by atoms with Crippen LogP contribution >= 0.6 is 11.3 Å². The number of carbonyl (C=O) groups excluding carboxylic acids is 1. The van der Waals surface area contributed by atoms with Crippen LogP contribution in [0.5, 0.6) is 0 Å². The maximum absolute atomic E-state index is 12.8. The Hall–Kier alpha value is -2.90. The van der Waals surface area contributed by atoms with Crippen molar-refractivity contribution in [2.24, 2.45) is 0 Å². The minimum Gasteiger partial charge on any atom is -0.397 e. The predicted octanol–water partition coefficient (Wildman–Crippen LogP) is 3.32. The van der Waals surface area contributed by atoms with Gasteiger partial charge in [0, 0.05) is 54.2 Å². The molecule has 0 bridgehead atoms. The van der Waals surface area contributed by atoms with E-state index < -0.39 is 0 Å². The van der Waals surface area contributed by atoms with Gasteiger partial charge in [-0.05, 0) is 36.7 Å². The normalized spacial score (nSPS) is 14.4. The molecule has 0 atom stereocenters. The van der Waals surface area contributed by atoms with Crippen molar-refractivity contribution in [2.75, 3.05) is 25.9 Å². The number of hydrogen-bond donors (Lipinski definition) is 3. The van der Waals surface area contributed by atoms with Crippen LogP contribution in [0, 0.1) is 0 Å². The Morgan fingerprint density at radius 1 is 1.34 bits per heavy atom. The zero-order valence-electron chi connectivity index (χ0n) is 16.3. The van der Waals surface area contributed by atoms with Crippen molar-refractivity contribution in [1.29, 1.82) is 0 Å². The maximum Gasteiger partial charge on any atom is 0.263 e. The zero-order chi connectivity index (χ0) is 20.0. The molecule has 7 heteroatoms. The number of likely N-dealkylation sites (N-methyl/N-ethyl adjacent to an activating group) is 1. The molecule has 3 aromatic heterocycles. The fraction of sp³-hybridized carbons (Fsp3) is 0.273. The lowest BCUT2D eigenvalue weighted by Crippen LogP contribution is -2.27. The van der Waals surface area contributed by atoms with Gasteiger partial charge in [0.15, 0.2) is 0 Å². The number of carbonyl (C=O) groups is 1. The Morgan fingerprint density at radius 2 is 2.21 bits per heavy atom. The van der Waals surface area contributed by atoms with Gasteiger partial charge in [-0.3, -0.25) is 4.79 Å². The van der Waals surface area contributed by atoms with E-state index in [9.17, 15) is 4.79 Å². The maximum atomic E-state index is 12.8. The van der Waals surface area contributed by atoms with Crippen LogP contribution in [0.3, 0.4) is 0 Å². The first kappa shape index (κ1) is 18.1. The van der Waals surface area contributed by atoms with E-state index in [1.54, 1.807) is 0 Å². The molecule has 6 nitrogen and oxygen atoms in total. The van der Waals surface area contributed by atoms with Crippen molar-refractivity contribution in [3.8, 4) is 0 Å². The third-order valence-electron chi connectivity index (χ3n) is 5.62. The third kappa shape index (κ3) is 3.26. The lowest BCUT2D eigenvalue weighted by atomic mass is 10.0. The summed E-state index contributed by atoms with van der Waals surface area (Å²) in [5, 5.41) is 5.11. The number of benzene rings is 1. The van der Waals surface area contributed by atoms with E-state index in [-0.39, 0.29) is 5.91 Å². The number of thiophene rings is 1. The van der Waals surface area contributed by atoms with Gasteiger partial charge in [-0.25, -0.2) is 4.98 Å². The average molecular weight is 406 g/mol. The van der Waals surface area contributed by atoms with Gasteiger partial charge in [-0.1, -0.05) is 18.2 Å². The summed E-state index contributed by atoms with van der Waals surface area (Å²) in [6, 6.07) is 10.3. The molecule has 0 spiro atoms. The standard InChI is InChI=1S/C22H23N5OS/c1-27-9-7-17-14(12-27)10-16-19(23)20(29-22(16)26-17)21(28)24-8-6-13-11-25-18-5-3-2-4-15(13)18/h2-5,10-11,25H,6-9,12,23H2,1H3,(H,24,28). The molecule has 5 rings (SSSR count). The molecule has 148 valence electrons. The summed E-state index contributed by atoms with van der Waals surface area (Å²) in [7, 11) is 2.11. The number of amides is 1. The Morgan fingerprint density at radius 3 is 3.10 bits per heavy atom. The van der Waals surface area contributed by atoms with Crippen LogP contribution in [0.4, 0.5) is 5.69 Å². The molecular weight excluding hydrogens is 382 g/mol. The topological polar surface area (TPSA) is 87.0 Å². The van der Waals surface area contributed by atoms with Gasteiger partial charge in [0.05, 0.1) is 5.69 Å². The average Bonchev–Trinajstić information content (AvgIpc) is 3.28. The number of para-hydroxylation sites is 1. The van der Waals surface area contributed by atoms with Crippen LogP contribution in [0.25, 0.3) is 21.1 Å². The molecule has 4 heterocycles. The van der Waals surface area contributed by atoms with E-state index in [0.29, 0.717) is 17.1 Å². The number of hydrogen-bond acceptors (Lipinski definition) is 5. The van der Waals surface area contributed by atoms with E-state index in [4.69, 9.17) is 10.7 Å². The molecule has 0 aliphatic carbocycles. The van der Waals surface area contributed by atoms with Gasteiger partial charge in [-0.15, -0.1) is 11.3 Å². The van der Waals surface area contributed by atoms with Crippen molar-refractivity contribution in [3.05, 3.63) is 58.2 Å². The number of nitrogen functional groups attached to an aromatic ring is 1. The van der Waals surface area contributed by atoms with Crippen molar-refractivity contribution in [2.45, 2.75) is 19.4 Å². The molecule has 0 unspecified atom stereocenters. The highest BCUT2D eigenvalue weighted by Crippen LogP contribution is 2.34. The smallest absolute Gasteiger partial charge is 0.263 e. The van der Waals surface area contributed by atoms with Gasteiger partial charge >= 0.3 is 0 Å². The van der Waals surface area contributed by atoms with Crippen molar-refractivity contribution >= 4 is 44.1 Å². The van der Waals surface area contributed by atoms with E-state index in [0.717, 1.165) is 47.4 Å². The first-order valence-corrected chi connectivity index (χ1v) is 10.6. The number of aromatic nitrogens is 2. The van der Waals surface area contributed by atoms with Crippen LogP contribution in [-0.4, -0.2) is 40.9 Å². The molecule has 4 aromatic rings. The summed E-state index contributed by atoms with van der Waals surface area (Å²) in [5.41, 5.74) is 11.5. The van der Waals surface area contributed by atoms with Crippen LogP contribution in [-0.2, 0) is 19.4 Å². The molecule has 0 saturated heterocycles. The molecular formula is C22H23N5OS. The summed E-state index contributed by atoms with van der Waals surface area (Å²) >= 11 is 1.39. The molecule has 4 N–H and O–H groups in total. The Kier molecular flexibility index (Phi) is 4.49. The van der Waals surface area contributed by atoms with Crippen molar-refractivity contribution in [1.82, 2.24) is 20.2 Å². The highest BCUT2D eigenvalue weighted by Gasteiger charge is 2.21. The monoisotopic (exact) mass is 405 g/mol. The van der Waals surface area contributed by atoms with Gasteiger partial charge in [0.2, 0.25) is 0 Å². The Bertz CT molecular complexity index is 1220. The molecule has 1 amide bonds. The van der Waals surface area contributed by atoms with Crippen molar-refractivity contribution < 1.29 is 4.79 Å². The first-order chi connectivity index (χ1) is 14.1. The summed E-state index contributed by atoms with van der Waals surface area (Å²) in [5.74, 6) is -0.125. The van der Waals surface area contributed by atoms with E-state index >= 15 is 0 Å². The predicted molar refractivity (Wildman–Crippen MR) is 118 cm³/mol. The molecule has 1 aliphatic heterocycles. The van der Waals surface area contributed by atoms with E-state index in [1.807, 2.05) is 18.3 Å². The minimum absolute atomic E-state index is 0.125. The zero-order valence-corrected chi connectivity index (χ0v) is 17.1. The molecule has 29 heavy (non-hydrogen) atoms. The lowest BCUT2D eigenvalue weighted by Gasteiger charge is -2.24. The molecule has 1 aliphatic rings. The summed E-state index contributed by atoms with van der Waals surface area (Å²) in [6.07, 6.45) is 3.71. The van der Waals surface area contributed by atoms with Gasteiger partial charge in [-0.2, -0.15) is 0 Å². The number of rotatable bonds is 4. The molecule has 1 aromatic carbocycles. The lowest BCUT2D eigenvalue weighted by molar-refractivity contribution is 0.0959. The molecule has 0 saturated carbocycles. The third-order valence-corrected chi connectivity index (χ3v) is 6.74. The van der Waals surface area contributed by atoms with Gasteiger partial charge < -0.3 is 20.9 Å². The summed E-state index contributed by atoms with van der Waals surface area (Å²) in [6.45, 7) is 2.44. The number of aromatic amines is 1. The number of nitrogens with one attached hydrogen (secondary N) is 2. The Balaban J connectivity index is 1.33. The van der Waals surface area contributed by atoms with E-state index in [2.05, 4.69) is 40.4 Å². The highest BCUT2D eigenvalue weighted by molar-refractivity contribution is 7.21. The quantitative estimate of drug-likeness (QED) is 0.486. The number of fused-ring (bicyclic) bond motifs is 3. The SMILES string of the molecule is CN1CCc2nc3sc(C(=O)NCCc4c[nH]c5ccccc45)c(N)c3cc2C1. The Labute approximate surface area is 172 Å². The number of H-pyrrole nitrogens is 1. The molecule has 0 radical (unpaired) electrons. The van der Waals surface area contributed by atoms with Crippen LogP contribution in [0.1, 0.15) is 26.5 Å². The fourth-order valence-corrected chi connectivity index (χ4v) is 5.05. The van der Waals surface area contributed by atoms with Gasteiger partial charge in [0.25, 0.3) is 5.91 Å². The second-order valence-electron chi connectivity index (χ2n) is 7.64. The van der Waals surface area contributed by atoms with E-state index in [1.165, 1.54) is 27.8 Å². The fourth-order valence-electron chi connectivity index (χ4n) is 4.04. The van der Waals surface area contributed by atoms with Crippen LogP contribution < -0.4 is 11.1 Å². The van der Waals surface area contributed by atoms with Crippen LogP contribution in [0.2, 0.25) is 0 Å². The number of nitrogens with zero attached hydrogens (tertiary/aromatic N) is 2. The highest BCUT2D eigenvalue weighted by atomic mass is 32.1. The number of anilines is 1. The van der Waals surface area contributed by atoms with Gasteiger partial charge in [0.1, 0.15) is 9.71 Å². The molecule has 0 fully saturated rings. The number of nitrogens with two attached hydrogens (primary N) is 1. The second kappa shape index (κ2) is 7.17.